The fourth-order valence-corrected chi connectivity index (χ4v) is 2.35. The SMILES string of the molecule is COC(=O)c1cccc(-c2cccc(OS(=O)(=O)C(F)(F)F)c2F)c1. The summed E-state index contributed by atoms with van der Waals surface area (Å²) < 4.78 is 81.9. The van der Waals surface area contributed by atoms with Gasteiger partial charge in [0.25, 0.3) is 0 Å². The van der Waals surface area contributed by atoms with Crippen molar-refractivity contribution >= 4 is 16.1 Å². The molecule has 2 aromatic rings. The van der Waals surface area contributed by atoms with Gasteiger partial charge >= 0.3 is 21.6 Å². The molecule has 5 nitrogen and oxygen atoms in total. The van der Waals surface area contributed by atoms with E-state index in [1.54, 1.807) is 0 Å². The quantitative estimate of drug-likeness (QED) is 0.352. The van der Waals surface area contributed by atoms with E-state index in [0.717, 1.165) is 19.2 Å². The Kier molecular flexibility index (Phi) is 5.02. The van der Waals surface area contributed by atoms with Crippen LogP contribution in [0.2, 0.25) is 0 Å². The summed E-state index contributed by atoms with van der Waals surface area (Å²) in [5.74, 6) is -3.13. The second kappa shape index (κ2) is 6.71. The lowest BCUT2D eigenvalue weighted by atomic mass is 10.0. The molecular formula is C15H10F4O5S. The number of hydrogen-bond acceptors (Lipinski definition) is 5. The number of carbonyl (C=O) groups is 1. The number of carbonyl (C=O) groups excluding carboxylic acids is 1. The summed E-state index contributed by atoms with van der Waals surface area (Å²) in [6.07, 6.45) is 0. The molecule has 10 heteroatoms. The Morgan fingerprint density at radius 1 is 1.08 bits per heavy atom. The highest BCUT2D eigenvalue weighted by atomic mass is 32.2. The van der Waals surface area contributed by atoms with Gasteiger partial charge in [-0.25, -0.2) is 9.18 Å². The van der Waals surface area contributed by atoms with Gasteiger partial charge in [0.15, 0.2) is 11.6 Å². The number of alkyl halides is 3. The predicted octanol–water partition coefficient (Wildman–Crippen LogP) is 3.51. The summed E-state index contributed by atoms with van der Waals surface area (Å²) in [5.41, 5.74) is -5.75. The van der Waals surface area contributed by atoms with Gasteiger partial charge in [-0.05, 0) is 23.8 Å². The standard InChI is InChI=1S/C15H10F4O5S/c1-23-14(20)10-5-2-4-9(8-10)11-6-3-7-12(13(11)16)24-25(21,22)15(17,18)19/h2-8H,1H3. The van der Waals surface area contributed by atoms with Crippen molar-refractivity contribution < 1.29 is 39.7 Å². The van der Waals surface area contributed by atoms with Crippen molar-refractivity contribution in [3.8, 4) is 16.9 Å². The molecule has 0 fully saturated rings. The Balaban J connectivity index is 2.48. The Hall–Kier alpha value is -2.62. The molecule has 0 saturated heterocycles. The summed E-state index contributed by atoms with van der Waals surface area (Å²) in [6.45, 7) is 0. The zero-order chi connectivity index (χ0) is 18.8. The molecule has 0 bridgehead atoms. The van der Waals surface area contributed by atoms with Gasteiger partial charge in [0.2, 0.25) is 0 Å². The van der Waals surface area contributed by atoms with Crippen LogP contribution in [0.25, 0.3) is 11.1 Å². The van der Waals surface area contributed by atoms with Crippen LogP contribution >= 0.6 is 0 Å². The van der Waals surface area contributed by atoms with Crippen LogP contribution in [0, 0.1) is 5.82 Å². The second-order valence-electron chi connectivity index (χ2n) is 4.67. The van der Waals surface area contributed by atoms with E-state index in [9.17, 15) is 30.8 Å². The third-order valence-electron chi connectivity index (χ3n) is 3.04. The Morgan fingerprint density at radius 3 is 2.32 bits per heavy atom. The minimum Gasteiger partial charge on any atom is -0.465 e. The minimum absolute atomic E-state index is 0.0774. The average Bonchev–Trinajstić information content (AvgIpc) is 2.55. The molecule has 0 heterocycles. The van der Waals surface area contributed by atoms with E-state index in [4.69, 9.17) is 0 Å². The Labute approximate surface area is 139 Å². The van der Waals surface area contributed by atoms with Gasteiger partial charge in [-0.2, -0.15) is 21.6 Å². The molecule has 0 radical (unpaired) electrons. The van der Waals surface area contributed by atoms with Crippen molar-refractivity contribution in [2.45, 2.75) is 5.51 Å². The molecule has 0 unspecified atom stereocenters. The number of benzene rings is 2. The highest BCUT2D eigenvalue weighted by Gasteiger charge is 2.49. The lowest BCUT2D eigenvalue weighted by molar-refractivity contribution is -0.0500. The maximum absolute atomic E-state index is 14.4. The molecule has 2 aromatic carbocycles. The van der Waals surface area contributed by atoms with Crippen molar-refractivity contribution in [3.05, 3.63) is 53.8 Å². The van der Waals surface area contributed by atoms with Crippen LogP contribution in [0.4, 0.5) is 17.6 Å². The highest BCUT2D eigenvalue weighted by molar-refractivity contribution is 7.88. The van der Waals surface area contributed by atoms with E-state index in [1.807, 2.05) is 0 Å². The molecular weight excluding hydrogens is 368 g/mol. The van der Waals surface area contributed by atoms with Crippen LogP contribution in [0.1, 0.15) is 10.4 Å². The topological polar surface area (TPSA) is 69.7 Å². The summed E-state index contributed by atoms with van der Waals surface area (Å²) in [7, 11) is -4.87. The zero-order valence-corrected chi connectivity index (χ0v) is 13.3. The molecule has 0 amide bonds. The molecule has 0 aromatic heterocycles. The molecule has 0 spiro atoms. The number of methoxy groups -OCH3 is 1. The van der Waals surface area contributed by atoms with E-state index < -0.39 is 33.2 Å². The lowest BCUT2D eigenvalue weighted by Crippen LogP contribution is -2.28. The van der Waals surface area contributed by atoms with Gasteiger partial charge in [0.05, 0.1) is 12.7 Å². The number of halogens is 4. The maximum atomic E-state index is 14.4. The molecule has 0 aliphatic heterocycles. The van der Waals surface area contributed by atoms with E-state index in [-0.39, 0.29) is 16.7 Å². The first kappa shape index (κ1) is 18.7. The third-order valence-corrected chi connectivity index (χ3v) is 4.01. The predicted molar refractivity (Wildman–Crippen MR) is 78.8 cm³/mol. The fourth-order valence-electron chi connectivity index (χ4n) is 1.90. The van der Waals surface area contributed by atoms with Crippen molar-refractivity contribution in [2.24, 2.45) is 0 Å². The first-order chi connectivity index (χ1) is 11.6. The van der Waals surface area contributed by atoms with Crippen LogP contribution in [0.15, 0.2) is 42.5 Å². The van der Waals surface area contributed by atoms with Crippen LogP contribution in [0.3, 0.4) is 0 Å². The monoisotopic (exact) mass is 378 g/mol. The normalized spacial score (nSPS) is 11.9. The molecule has 0 aliphatic carbocycles. The molecule has 0 N–H and O–H groups in total. The highest BCUT2D eigenvalue weighted by Crippen LogP contribution is 2.33. The number of rotatable bonds is 4. The summed E-state index contributed by atoms with van der Waals surface area (Å²) in [6, 6.07) is 8.47. The summed E-state index contributed by atoms with van der Waals surface area (Å²) in [4.78, 5) is 11.5. The smallest absolute Gasteiger partial charge is 0.465 e. The largest absolute Gasteiger partial charge is 0.534 e. The average molecular weight is 378 g/mol. The number of esters is 1. The van der Waals surface area contributed by atoms with Gasteiger partial charge < -0.3 is 8.92 Å². The molecule has 0 aliphatic rings. The first-order valence-electron chi connectivity index (χ1n) is 6.55. The van der Waals surface area contributed by atoms with Crippen LogP contribution in [0.5, 0.6) is 5.75 Å². The Morgan fingerprint density at radius 2 is 1.72 bits per heavy atom. The van der Waals surface area contributed by atoms with Gasteiger partial charge in [-0.1, -0.05) is 24.3 Å². The van der Waals surface area contributed by atoms with Gasteiger partial charge in [-0.3, -0.25) is 0 Å². The fraction of sp³-hybridized carbons (Fsp3) is 0.133. The zero-order valence-electron chi connectivity index (χ0n) is 12.5. The van der Waals surface area contributed by atoms with Gasteiger partial charge in [0, 0.05) is 5.56 Å². The molecule has 2 rings (SSSR count). The summed E-state index contributed by atoms with van der Waals surface area (Å²) >= 11 is 0. The van der Waals surface area contributed by atoms with Crippen molar-refractivity contribution in [1.82, 2.24) is 0 Å². The van der Waals surface area contributed by atoms with Crippen LogP contribution in [-0.2, 0) is 14.9 Å². The van der Waals surface area contributed by atoms with Gasteiger partial charge in [0.1, 0.15) is 0 Å². The second-order valence-corrected chi connectivity index (χ2v) is 6.21. The number of hydrogen-bond donors (Lipinski definition) is 0. The van der Waals surface area contributed by atoms with Gasteiger partial charge in [-0.15, -0.1) is 0 Å². The van der Waals surface area contributed by atoms with E-state index >= 15 is 0 Å². The minimum atomic E-state index is -6.01. The first-order valence-corrected chi connectivity index (χ1v) is 7.95. The third kappa shape index (κ3) is 3.90. The molecule has 134 valence electrons. The van der Waals surface area contributed by atoms with E-state index in [2.05, 4.69) is 8.92 Å². The van der Waals surface area contributed by atoms with Crippen LogP contribution in [-0.4, -0.2) is 27.0 Å². The molecule has 25 heavy (non-hydrogen) atoms. The molecule has 0 saturated carbocycles. The summed E-state index contributed by atoms with van der Waals surface area (Å²) in [5, 5.41) is 0. The Bertz CT molecular complexity index is 906. The van der Waals surface area contributed by atoms with Crippen molar-refractivity contribution in [1.29, 1.82) is 0 Å². The lowest BCUT2D eigenvalue weighted by Gasteiger charge is -2.12. The van der Waals surface area contributed by atoms with Crippen LogP contribution < -0.4 is 4.18 Å². The molecule has 0 atom stereocenters. The van der Waals surface area contributed by atoms with Crippen molar-refractivity contribution in [3.63, 3.8) is 0 Å². The van der Waals surface area contributed by atoms with E-state index in [0.29, 0.717) is 0 Å². The van der Waals surface area contributed by atoms with Crippen molar-refractivity contribution in [2.75, 3.05) is 7.11 Å². The number of ether oxygens (including phenoxy) is 1. The maximum Gasteiger partial charge on any atom is 0.534 e. The van der Waals surface area contributed by atoms with E-state index in [1.165, 1.54) is 30.3 Å².